The number of ether oxygens (including phenoxy) is 3. The summed E-state index contributed by atoms with van der Waals surface area (Å²) in [5.41, 5.74) is 0.616. The molecule has 2 rings (SSSR count). The zero-order valence-corrected chi connectivity index (χ0v) is 14.6. The van der Waals surface area contributed by atoms with E-state index in [9.17, 15) is 4.79 Å². The van der Waals surface area contributed by atoms with Gasteiger partial charge in [0.05, 0.1) is 18.9 Å². The van der Waals surface area contributed by atoms with E-state index in [0.717, 1.165) is 32.4 Å². The molecular formula is C18H28N2O4. The Hall–Kier alpha value is -1.79. The number of methoxy groups -OCH3 is 1. The maximum absolute atomic E-state index is 12.3. The molecule has 1 aliphatic rings. The van der Waals surface area contributed by atoms with Crippen LogP contribution in [0.3, 0.4) is 0 Å². The number of carbonyl (C=O) groups excluding carboxylic acids is 1. The molecule has 1 fully saturated rings. The number of nitrogens with zero attached hydrogens (tertiary/aromatic N) is 1. The van der Waals surface area contributed by atoms with Crippen LogP contribution in [0.25, 0.3) is 0 Å². The Labute approximate surface area is 144 Å². The van der Waals surface area contributed by atoms with E-state index in [2.05, 4.69) is 10.2 Å². The molecule has 1 aliphatic heterocycles. The molecule has 0 bridgehead atoms. The summed E-state index contributed by atoms with van der Waals surface area (Å²) in [7, 11) is 1.62. The first-order chi connectivity index (χ1) is 11.7. The van der Waals surface area contributed by atoms with Gasteiger partial charge in [0.25, 0.3) is 0 Å². The van der Waals surface area contributed by atoms with Crippen LogP contribution in [0, 0.1) is 0 Å². The predicted molar refractivity (Wildman–Crippen MR) is 93.4 cm³/mol. The number of likely N-dealkylation sites (tertiary alicyclic amines) is 1. The molecule has 24 heavy (non-hydrogen) atoms. The minimum atomic E-state index is -0.491. The topological polar surface area (TPSA) is 60.0 Å². The number of carbonyl (C=O) groups is 1. The van der Waals surface area contributed by atoms with Crippen molar-refractivity contribution in [2.24, 2.45) is 0 Å². The number of piperidine rings is 1. The van der Waals surface area contributed by atoms with E-state index in [-0.39, 0.29) is 6.23 Å². The minimum Gasteiger partial charge on any atom is -0.491 e. The summed E-state index contributed by atoms with van der Waals surface area (Å²) in [6.07, 6.45) is 3.53. The largest absolute Gasteiger partial charge is 0.491 e. The first-order valence-corrected chi connectivity index (χ1v) is 8.67. The third-order valence-corrected chi connectivity index (χ3v) is 3.94. The van der Waals surface area contributed by atoms with Gasteiger partial charge in [-0.3, -0.25) is 10.2 Å². The summed E-state index contributed by atoms with van der Waals surface area (Å²) in [5.74, 6) is 0.651. The van der Waals surface area contributed by atoms with Crippen LogP contribution in [0.5, 0.6) is 5.75 Å². The van der Waals surface area contributed by atoms with Gasteiger partial charge in [0.15, 0.2) is 6.23 Å². The van der Waals surface area contributed by atoms with E-state index in [1.807, 2.05) is 25.1 Å². The van der Waals surface area contributed by atoms with Crippen molar-refractivity contribution in [1.82, 2.24) is 4.90 Å². The molecule has 134 valence electrons. The van der Waals surface area contributed by atoms with Crippen LogP contribution in [0.4, 0.5) is 10.5 Å². The Morgan fingerprint density at radius 1 is 1.25 bits per heavy atom. The average molecular weight is 336 g/mol. The van der Waals surface area contributed by atoms with Crippen LogP contribution in [-0.4, -0.2) is 50.6 Å². The SMILES string of the molecule is CCCOc1ccccc1NC(=O)OC(COC)N1CCCCC1. The molecule has 1 unspecified atom stereocenters. The Balaban J connectivity index is 1.95. The first kappa shape index (κ1) is 18.5. The molecule has 0 saturated carbocycles. The lowest BCUT2D eigenvalue weighted by molar-refractivity contribution is -0.0586. The smallest absolute Gasteiger partial charge is 0.413 e. The second-order valence-corrected chi connectivity index (χ2v) is 5.88. The van der Waals surface area contributed by atoms with Gasteiger partial charge in [-0.2, -0.15) is 0 Å². The molecule has 1 atom stereocenters. The monoisotopic (exact) mass is 336 g/mol. The third-order valence-electron chi connectivity index (χ3n) is 3.94. The van der Waals surface area contributed by atoms with E-state index < -0.39 is 6.09 Å². The fourth-order valence-electron chi connectivity index (χ4n) is 2.73. The summed E-state index contributed by atoms with van der Waals surface area (Å²) in [6.45, 7) is 4.86. The Kier molecular flexibility index (Phi) is 7.85. The molecule has 1 amide bonds. The molecule has 0 aromatic heterocycles. The van der Waals surface area contributed by atoms with E-state index in [4.69, 9.17) is 14.2 Å². The number of nitrogens with one attached hydrogen (secondary N) is 1. The quantitative estimate of drug-likeness (QED) is 0.787. The van der Waals surface area contributed by atoms with Crippen molar-refractivity contribution >= 4 is 11.8 Å². The molecule has 1 aromatic carbocycles. The molecule has 6 nitrogen and oxygen atoms in total. The van der Waals surface area contributed by atoms with Crippen molar-refractivity contribution in [3.8, 4) is 5.75 Å². The lowest BCUT2D eigenvalue weighted by Gasteiger charge is -2.33. The lowest BCUT2D eigenvalue weighted by atomic mass is 10.1. The van der Waals surface area contributed by atoms with Gasteiger partial charge >= 0.3 is 6.09 Å². The van der Waals surface area contributed by atoms with E-state index in [1.54, 1.807) is 13.2 Å². The number of anilines is 1. The Morgan fingerprint density at radius 3 is 2.71 bits per heavy atom. The van der Waals surface area contributed by atoms with Gasteiger partial charge in [0, 0.05) is 20.2 Å². The van der Waals surface area contributed by atoms with E-state index in [0.29, 0.717) is 24.7 Å². The highest BCUT2D eigenvalue weighted by atomic mass is 16.6. The molecule has 1 aromatic rings. The zero-order chi connectivity index (χ0) is 17.2. The maximum atomic E-state index is 12.3. The van der Waals surface area contributed by atoms with Gasteiger partial charge in [-0.25, -0.2) is 4.79 Å². The third kappa shape index (κ3) is 5.69. The molecular weight excluding hydrogens is 308 g/mol. The van der Waals surface area contributed by atoms with Crippen molar-refractivity contribution in [3.05, 3.63) is 24.3 Å². The molecule has 1 saturated heterocycles. The number of para-hydroxylation sites is 2. The van der Waals surface area contributed by atoms with Gasteiger partial charge in [-0.05, 0) is 31.4 Å². The van der Waals surface area contributed by atoms with Crippen LogP contribution < -0.4 is 10.1 Å². The summed E-state index contributed by atoms with van der Waals surface area (Å²) >= 11 is 0. The van der Waals surface area contributed by atoms with Crippen LogP contribution in [0.15, 0.2) is 24.3 Å². The first-order valence-electron chi connectivity index (χ1n) is 8.67. The maximum Gasteiger partial charge on any atom is 0.413 e. The molecule has 6 heteroatoms. The predicted octanol–water partition coefficient (Wildman–Crippen LogP) is 3.48. The van der Waals surface area contributed by atoms with E-state index >= 15 is 0 Å². The number of rotatable bonds is 8. The van der Waals surface area contributed by atoms with Crippen LogP contribution in [0.1, 0.15) is 32.6 Å². The van der Waals surface area contributed by atoms with Crippen molar-refractivity contribution in [2.45, 2.75) is 38.8 Å². The van der Waals surface area contributed by atoms with E-state index in [1.165, 1.54) is 6.42 Å². The number of benzene rings is 1. The van der Waals surface area contributed by atoms with Crippen molar-refractivity contribution in [1.29, 1.82) is 0 Å². The highest BCUT2D eigenvalue weighted by Crippen LogP contribution is 2.24. The summed E-state index contributed by atoms with van der Waals surface area (Å²) in [4.78, 5) is 14.5. The fourth-order valence-corrected chi connectivity index (χ4v) is 2.73. The zero-order valence-electron chi connectivity index (χ0n) is 14.6. The summed E-state index contributed by atoms with van der Waals surface area (Å²) < 4.78 is 16.5. The highest BCUT2D eigenvalue weighted by molar-refractivity contribution is 5.86. The molecule has 1 N–H and O–H groups in total. The molecule has 0 spiro atoms. The Morgan fingerprint density at radius 2 is 2.00 bits per heavy atom. The number of hydrogen-bond donors (Lipinski definition) is 1. The second-order valence-electron chi connectivity index (χ2n) is 5.88. The van der Waals surface area contributed by atoms with Gasteiger partial charge in [0.1, 0.15) is 5.75 Å². The molecule has 0 aliphatic carbocycles. The number of amides is 1. The standard InChI is InChI=1S/C18H28N2O4/c1-3-13-23-16-10-6-5-9-15(16)19-18(21)24-17(14-22-2)20-11-7-4-8-12-20/h5-6,9-10,17H,3-4,7-8,11-14H2,1-2H3,(H,19,21). The Bertz CT molecular complexity index is 504. The second kappa shape index (κ2) is 10.2. The summed E-state index contributed by atoms with van der Waals surface area (Å²) in [5, 5.41) is 2.78. The van der Waals surface area contributed by atoms with Gasteiger partial charge in [-0.1, -0.05) is 25.5 Å². The van der Waals surface area contributed by atoms with Crippen molar-refractivity contribution in [2.75, 3.05) is 38.7 Å². The van der Waals surface area contributed by atoms with Gasteiger partial charge < -0.3 is 14.2 Å². The molecule has 1 heterocycles. The number of hydrogen-bond acceptors (Lipinski definition) is 5. The minimum absolute atomic E-state index is 0.362. The summed E-state index contributed by atoms with van der Waals surface area (Å²) in [6, 6.07) is 7.37. The van der Waals surface area contributed by atoms with Crippen LogP contribution in [0.2, 0.25) is 0 Å². The van der Waals surface area contributed by atoms with Crippen LogP contribution >= 0.6 is 0 Å². The van der Waals surface area contributed by atoms with Crippen molar-refractivity contribution < 1.29 is 19.0 Å². The normalized spacial score (nSPS) is 16.4. The van der Waals surface area contributed by atoms with Crippen molar-refractivity contribution in [3.63, 3.8) is 0 Å². The lowest BCUT2D eigenvalue weighted by Crippen LogP contribution is -2.45. The average Bonchev–Trinajstić information content (AvgIpc) is 2.61. The van der Waals surface area contributed by atoms with Crippen LogP contribution in [-0.2, 0) is 9.47 Å². The van der Waals surface area contributed by atoms with Gasteiger partial charge in [0.2, 0.25) is 0 Å². The molecule has 0 radical (unpaired) electrons. The fraction of sp³-hybridized carbons (Fsp3) is 0.611. The van der Waals surface area contributed by atoms with Gasteiger partial charge in [-0.15, -0.1) is 0 Å². The highest BCUT2D eigenvalue weighted by Gasteiger charge is 2.24.